The van der Waals surface area contributed by atoms with Crippen molar-refractivity contribution in [2.45, 2.75) is 6.54 Å². The lowest BCUT2D eigenvalue weighted by atomic mass is 10.2. The molecule has 2 aromatic carbocycles. The molecule has 1 N–H and O–H groups in total. The Morgan fingerprint density at radius 2 is 2.04 bits per heavy atom. The lowest BCUT2D eigenvalue weighted by Crippen LogP contribution is -2.08. The maximum Gasteiger partial charge on any atom is 0.339 e. The molecule has 0 unspecified atom stereocenters. The molecule has 6 nitrogen and oxygen atoms in total. The average molecular weight is 344 g/mol. The molecular formula is C17H14ClN3O3. The van der Waals surface area contributed by atoms with Crippen LogP contribution in [0.1, 0.15) is 16.2 Å². The zero-order chi connectivity index (χ0) is 16.9. The fourth-order valence-corrected chi connectivity index (χ4v) is 2.35. The predicted octanol–water partition coefficient (Wildman–Crippen LogP) is 3.79. The SMILES string of the molecule is COC(=O)c1ccccc1NCc1nnc(-c2cccc(Cl)c2)o1. The number of hydrogen-bond acceptors (Lipinski definition) is 6. The van der Waals surface area contributed by atoms with Gasteiger partial charge in [-0.05, 0) is 30.3 Å². The minimum atomic E-state index is -0.414. The number of nitrogens with zero attached hydrogens (tertiary/aromatic N) is 2. The molecule has 0 aliphatic heterocycles. The number of methoxy groups -OCH3 is 1. The van der Waals surface area contributed by atoms with Crippen molar-refractivity contribution in [2.75, 3.05) is 12.4 Å². The first kappa shape index (κ1) is 16.0. The van der Waals surface area contributed by atoms with Gasteiger partial charge in [-0.1, -0.05) is 29.8 Å². The van der Waals surface area contributed by atoms with Gasteiger partial charge in [-0.25, -0.2) is 4.79 Å². The van der Waals surface area contributed by atoms with Crippen molar-refractivity contribution < 1.29 is 13.9 Å². The summed E-state index contributed by atoms with van der Waals surface area (Å²) in [5.41, 5.74) is 1.82. The molecule has 0 spiro atoms. The summed E-state index contributed by atoms with van der Waals surface area (Å²) in [6.45, 7) is 0.279. The van der Waals surface area contributed by atoms with E-state index in [1.807, 2.05) is 18.2 Å². The summed E-state index contributed by atoms with van der Waals surface area (Å²) >= 11 is 5.96. The minimum absolute atomic E-state index is 0.279. The van der Waals surface area contributed by atoms with Gasteiger partial charge in [0.2, 0.25) is 11.8 Å². The fourth-order valence-electron chi connectivity index (χ4n) is 2.16. The summed E-state index contributed by atoms with van der Waals surface area (Å²) < 4.78 is 10.4. The lowest BCUT2D eigenvalue weighted by Gasteiger charge is -2.08. The number of anilines is 1. The number of aromatic nitrogens is 2. The van der Waals surface area contributed by atoms with Crippen LogP contribution in [0.4, 0.5) is 5.69 Å². The first-order chi connectivity index (χ1) is 11.7. The highest BCUT2D eigenvalue weighted by Gasteiger charge is 2.13. The van der Waals surface area contributed by atoms with Crippen molar-refractivity contribution in [3.05, 3.63) is 65.0 Å². The zero-order valence-corrected chi connectivity index (χ0v) is 13.6. The summed E-state index contributed by atoms with van der Waals surface area (Å²) in [7, 11) is 1.34. The van der Waals surface area contributed by atoms with Crippen molar-refractivity contribution in [3.8, 4) is 11.5 Å². The van der Waals surface area contributed by atoms with Crippen LogP contribution in [0.2, 0.25) is 5.02 Å². The van der Waals surface area contributed by atoms with Crippen molar-refractivity contribution >= 4 is 23.3 Å². The Morgan fingerprint density at radius 1 is 1.21 bits per heavy atom. The normalized spacial score (nSPS) is 10.4. The molecule has 0 bridgehead atoms. The van der Waals surface area contributed by atoms with E-state index in [9.17, 15) is 4.79 Å². The molecule has 0 atom stereocenters. The van der Waals surface area contributed by atoms with Crippen molar-refractivity contribution in [3.63, 3.8) is 0 Å². The van der Waals surface area contributed by atoms with Crippen LogP contribution in [-0.2, 0) is 11.3 Å². The maximum atomic E-state index is 11.7. The van der Waals surface area contributed by atoms with Crippen molar-refractivity contribution in [1.82, 2.24) is 10.2 Å². The van der Waals surface area contributed by atoms with Gasteiger partial charge in [0.1, 0.15) is 0 Å². The van der Waals surface area contributed by atoms with Gasteiger partial charge in [0, 0.05) is 16.3 Å². The third-order valence-corrected chi connectivity index (χ3v) is 3.54. The smallest absolute Gasteiger partial charge is 0.339 e. The second-order valence-corrected chi connectivity index (χ2v) is 5.34. The molecule has 0 amide bonds. The molecule has 0 aliphatic rings. The third kappa shape index (κ3) is 3.55. The van der Waals surface area contributed by atoms with Crippen LogP contribution in [0, 0.1) is 0 Å². The minimum Gasteiger partial charge on any atom is -0.465 e. The number of para-hydroxylation sites is 1. The Hall–Kier alpha value is -2.86. The van der Waals surface area contributed by atoms with Crippen LogP contribution in [0.5, 0.6) is 0 Å². The van der Waals surface area contributed by atoms with Gasteiger partial charge in [-0.3, -0.25) is 0 Å². The van der Waals surface area contributed by atoms with Gasteiger partial charge in [0.15, 0.2) is 0 Å². The molecule has 1 aromatic heterocycles. The highest BCUT2D eigenvalue weighted by molar-refractivity contribution is 6.30. The molecule has 122 valence electrons. The number of esters is 1. The molecule has 3 aromatic rings. The Bertz CT molecular complexity index is 864. The second kappa shape index (κ2) is 7.14. The average Bonchev–Trinajstić information content (AvgIpc) is 3.08. The second-order valence-electron chi connectivity index (χ2n) is 4.90. The van der Waals surface area contributed by atoms with Crippen LogP contribution in [0.3, 0.4) is 0 Å². The van der Waals surface area contributed by atoms with Crippen LogP contribution in [-0.4, -0.2) is 23.3 Å². The molecule has 0 fully saturated rings. The van der Waals surface area contributed by atoms with E-state index in [-0.39, 0.29) is 6.54 Å². The number of ether oxygens (including phenoxy) is 1. The number of benzene rings is 2. The fraction of sp³-hybridized carbons (Fsp3) is 0.118. The number of rotatable bonds is 5. The Morgan fingerprint density at radius 3 is 2.83 bits per heavy atom. The zero-order valence-electron chi connectivity index (χ0n) is 12.8. The van der Waals surface area contributed by atoms with E-state index in [0.717, 1.165) is 5.56 Å². The van der Waals surface area contributed by atoms with E-state index in [4.69, 9.17) is 20.8 Å². The monoisotopic (exact) mass is 343 g/mol. The molecule has 24 heavy (non-hydrogen) atoms. The molecule has 0 aliphatic carbocycles. The number of carbonyl (C=O) groups is 1. The topological polar surface area (TPSA) is 77.2 Å². The van der Waals surface area contributed by atoms with Gasteiger partial charge in [0.25, 0.3) is 0 Å². The highest BCUT2D eigenvalue weighted by atomic mass is 35.5. The van der Waals surface area contributed by atoms with E-state index in [2.05, 4.69) is 15.5 Å². The van der Waals surface area contributed by atoms with Gasteiger partial charge >= 0.3 is 5.97 Å². The van der Waals surface area contributed by atoms with E-state index < -0.39 is 5.97 Å². The number of halogens is 1. The third-order valence-electron chi connectivity index (χ3n) is 3.30. The van der Waals surface area contributed by atoms with Gasteiger partial charge in [-0.15, -0.1) is 10.2 Å². The van der Waals surface area contributed by atoms with Crippen molar-refractivity contribution in [1.29, 1.82) is 0 Å². The van der Waals surface area contributed by atoms with Crippen molar-refractivity contribution in [2.24, 2.45) is 0 Å². The first-order valence-corrected chi connectivity index (χ1v) is 7.54. The molecule has 7 heteroatoms. The quantitative estimate of drug-likeness (QED) is 0.710. The molecule has 0 saturated carbocycles. The number of nitrogens with one attached hydrogen (secondary N) is 1. The van der Waals surface area contributed by atoms with E-state index in [1.54, 1.807) is 30.3 Å². The van der Waals surface area contributed by atoms with E-state index in [1.165, 1.54) is 7.11 Å². The van der Waals surface area contributed by atoms with Gasteiger partial charge < -0.3 is 14.5 Å². The maximum absolute atomic E-state index is 11.7. The summed E-state index contributed by atoms with van der Waals surface area (Å²) in [6.07, 6.45) is 0. The molecule has 0 radical (unpaired) electrons. The van der Waals surface area contributed by atoms with Crippen LogP contribution in [0.15, 0.2) is 52.9 Å². The Balaban J connectivity index is 1.74. The predicted molar refractivity (Wildman–Crippen MR) is 89.9 cm³/mol. The van der Waals surface area contributed by atoms with Gasteiger partial charge in [-0.2, -0.15) is 0 Å². The van der Waals surface area contributed by atoms with Gasteiger partial charge in [0.05, 0.1) is 19.2 Å². The summed E-state index contributed by atoms with van der Waals surface area (Å²) in [5, 5.41) is 11.7. The van der Waals surface area contributed by atoms with Crippen LogP contribution >= 0.6 is 11.6 Å². The van der Waals surface area contributed by atoms with E-state index in [0.29, 0.717) is 28.1 Å². The number of carbonyl (C=O) groups excluding carboxylic acids is 1. The molecule has 3 rings (SSSR count). The summed E-state index contributed by atoms with van der Waals surface area (Å²) in [4.78, 5) is 11.7. The summed E-state index contributed by atoms with van der Waals surface area (Å²) in [6, 6.07) is 14.2. The standard InChI is InChI=1S/C17H14ClN3O3/c1-23-17(22)13-7-2-3-8-14(13)19-10-15-20-21-16(24-15)11-5-4-6-12(18)9-11/h2-9,19H,10H2,1H3. The summed E-state index contributed by atoms with van der Waals surface area (Å²) in [5.74, 6) is 0.364. The Labute approximate surface area is 143 Å². The largest absolute Gasteiger partial charge is 0.465 e. The Kier molecular flexibility index (Phi) is 4.77. The highest BCUT2D eigenvalue weighted by Crippen LogP contribution is 2.22. The number of hydrogen-bond donors (Lipinski definition) is 1. The van der Waals surface area contributed by atoms with Crippen LogP contribution < -0.4 is 5.32 Å². The molecule has 1 heterocycles. The van der Waals surface area contributed by atoms with E-state index >= 15 is 0 Å². The lowest BCUT2D eigenvalue weighted by molar-refractivity contribution is 0.0602. The van der Waals surface area contributed by atoms with Crippen LogP contribution in [0.25, 0.3) is 11.5 Å². The first-order valence-electron chi connectivity index (χ1n) is 7.17. The molecular weight excluding hydrogens is 330 g/mol. The molecule has 0 saturated heterocycles.